The van der Waals surface area contributed by atoms with Crippen molar-refractivity contribution in [3.8, 4) is 0 Å². The summed E-state index contributed by atoms with van der Waals surface area (Å²) < 4.78 is 0. The minimum atomic E-state index is -1.26. The number of β-amino-alcohol motifs (C(OH)–C–C–N with tert-alkyl or cyclic N) is 1. The zero-order chi connectivity index (χ0) is 14.2. The van der Waals surface area contributed by atoms with E-state index < -0.39 is 35.3 Å². The zero-order valence-electron chi connectivity index (χ0n) is 9.62. The Balaban J connectivity index is 2.35. The normalized spacial score (nSPS) is 22.5. The third-order valence-electron chi connectivity index (χ3n) is 2.87. The fraction of sp³-hybridized carbons (Fsp3) is 0.400. The Morgan fingerprint density at radius 2 is 2.05 bits per heavy atom. The summed E-state index contributed by atoms with van der Waals surface area (Å²) in [6.07, 6.45) is -0.123. The first-order valence-electron chi connectivity index (χ1n) is 5.44. The molecule has 1 aliphatic heterocycles. The SMILES string of the molecule is O=C(O)[C@H]1C[C@@H](O)CN1C(=O)c1c[nH]c(=O)[nH]c1=O. The summed E-state index contributed by atoms with van der Waals surface area (Å²) in [6, 6.07) is -1.19. The van der Waals surface area contributed by atoms with Crippen molar-refractivity contribution in [3.63, 3.8) is 0 Å². The number of carboxylic acid groups (broad SMARTS) is 1. The summed E-state index contributed by atoms with van der Waals surface area (Å²) in [5.41, 5.74) is -2.04. The fourth-order valence-electron chi connectivity index (χ4n) is 2.00. The number of hydrogen-bond donors (Lipinski definition) is 4. The number of aromatic nitrogens is 2. The second-order valence-electron chi connectivity index (χ2n) is 4.19. The molecule has 1 aromatic heterocycles. The van der Waals surface area contributed by atoms with E-state index in [9.17, 15) is 24.3 Å². The Bertz CT molecular complexity index is 633. The minimum absolute atomic E-state index is 0.0949. The first-order chi connectivity index (χ1) is 8.90. The second kappa shape index (κ2) is 4.69. The van der Waals surface area contributed by atoms with Crippen molar-refractivity contribution < 1.29 is 19.8 Å². The van der Waals surface area contributed by atoms with Crippen LogP contribution in [0.1, 0.15) is 16.8 Å². The van der Waals surface area contributed by atoms with Crippen LogP contribution in [0, 0.1) is 0 Å². The molecule has 0 spiro atoms. The third-order valence-corrected chi connectivity index (χ3v) is 2.87. The molecule has 1 aliphatic rings. The van der Waals surface area contributed by atoms with Gasteiger partial charge in [0.2, 0.25) is 0 Å². The molecule has 1 amide bonds. The van der Waals surface area contributed by atoms with Crippen LogP contribution in [0.15, 0.2) is 15.8 Å². The van der Waals surface area contributed by atoms with Crippen molar-refractivity contribution in [2.24, 2.45) is 0 Å². The number of nitrogens with one attached hydrogen (secondary N) is 2. The van der Waals surface area contributed by atoms with Crippen LogP contribution in [0.4, 0.5) is 0 Å². The molecule has 1 aromatic rings. The van der Waals surface area contributed by atoms with Crippen molar-refractivity contribution >= 4 is 11.9 Å². The number of aromatic amines is 2. The predicted octanol–water partition coefficient (Wildman–Crippen LogP) is -2.28. The van der Waals surface area contributed by atoms with Crippen LogP contribution in [0.3, 0.4) is 0 Å². The van der Waals surface area contributed by atoms with E-state index in [1.807, 2.05) is 4.98 Å². The van der Waals surface area contributed by atoms with Gasteiger partial charge in [-0.2, -0.15) is 0 Å². The van der Waals surface area contributed by atoms with Gasteiger partial charge in [0.15, 0.2) is 0 Å². The summed E-state index contributed by atoms with van der Waals surface area (Å²) in [5, 5.41) is 18.4. The van der Waals surface area contributed by atoms with E-state index in [0.717, 1.165) is 11.1 Å². The van der Waals surface area contributed by atoms with Crippen molar-refractivity contribution in [2.75, 3.05) is 6.54 Å². The topological polar surface area (TPSA) is 144 Å². The summed E-state index contributed by atoms with van der Waals surface area (Å²) >= 11 is 0. The molecule has 19 heavy (non-hydrogen) atoms. The highest BCUT2D eigenvalue weighted by Crippen LogP contribution is 2.19. The molecule has 0 saturated carbocycles. The lowest BCUT2D eigenvalue weighted by molar-refractivity contribution is -0.141. The van der Waals surface area contributed by atoms with E-state index in [0.29, 0.717) is 0 Å². The molecule has 0 bridgehead atoms. The number of hydrogen-bond acceptors (Lipinski definition) is 5. The number of amides is 1. The largest absolute Gasteiger partial charge is 0.480 e. The molecule has 1 saturated heterocycles. The number of rotatable bonds is 2. The van der Waals surface area contributed by atoms with Gasteiger partial charge >= 0.3 is 11.7 Å². The maximum atomic E-state index is 12.0. The maximum Gasteiger partial charge on any atom is 0.326 e. The number of nitrogens with zero attached hydrogens (tertiary/aromatic N) is 1. The number of carbonyl (C=O) groups is 2. The van der Waals surface area contributed by atoms with Gasteiger partial charge in [-0.1, -0.05) is 0 Å². The first kappa shape index (κ1) is 13.0. The highest BCUT2D eigenvalue weighted by Gasteiger charge is 2.39. The standard InChI is InChI=1S/C10H11N3O6/c14-4-1-6(9(17)18)13(3-4)8(16)5-2-11-10(19)12-7(5)15/h2,4,6,14H,1,3H2,(H,17,18)(H2,11,12,15,19)/t4-,6-/m1/s1. The van der Waals surface area contributed by atoms with Crippen LogP contribution >= 0.6 is 0 Å². The molecule has 102 valence electrons. The van der Waals surface area contributed by atoms with Gasteiger partial charge in [0.05, 0.1) is 6.10 Å². The quantitative estimate of drug-likeness (QED) is 0.476. The Morgan fingerprint density at radius 1 is 1.37 bits per heavy atom. The Hall–Kier alpha value is -2.42. The molecule has 2 heterocycles. The predicted molar refractivity (Wildman–Crippen MR) is 60.8 cm³/mol. The smallest absolute Gasteiger partial charge is 0.326 e. The van der Waals surface area contributed by atoms with Crippen LogP contribution in [-0.2, 0) is 4.79 Å². The Kier molecular flexibility index (Phi) is 3.21. The molecule has 9 heteroatoms. The van der Waals surface area contributed by atoms with E-state index >= 15 is 0 Å². The van der Waals surface area contributed by atoms with E-state index in [2.05, 4.69) is 4.98 Å². The summed E-state index contributed by atoms with van der Waals surface area (Å²) in [7, 11) is 0. The van der Waals surface area contributed by atoms with Gasteiger partial charge in [-0.05, 0) is 0 Å². The van der Waals surface area contributed by atoms with Gasteiger partial charge in [0, 0.05) is 19.2 Å². The summed E-state index contributed by atoms with van der Waals surface area (Å²) in [4.78, 5) is 50.2. The van der Waals surface area contributed by atoms with E-state index in [4.69, 9.17) is 5.11 Å². The van der Waals surface area contributed by atoms with Crippen LogP contribution in [0.2, 0.25) is 0 Å². The van der Waals surface area contributed by atoms with Crippen molar-refractivity contribution in [2.45, 2.75) is 18.6 Å². The minimum Gasteiger partial charge on any atom is -0.480 e. The molecule has 0 aromatic carbocycles. The summed E-state index contributed by atoms with van der Waals surface area (Å²) in [5.74, 6) is -2.10. The Labute approximate surface area is 105 Å². The molecule has 2 atom stereocenters. The van der Waals surface area contributed by atoms with Gasteiger partial charge in [0.25, 0.3) is 11.5 Å². The highest BCUT2D eigenvalue weighted by molar-refractivity contribution is 5.96. The molecule has 1 fully saturated rings. The lowest BCUT2D eigenvalue weighted by Gasteiger charge is -2.20. The van der Waals surface area contributed by atoms with Gasteiger partial charge in [-0.3, -0.25) is 14.6 Å². The van der Waals surface area contributed by atoms with Gasteiger partial charge in [0.1, 0.15) is 11.6 Å². The molecule has 4 N–H and O–H groups in total. The van der Waals surface area contributed by atoms with Crippen LogP contribution in [0.5, 0.6) is 0 Å². The van der Waals surface area contributed by atoms with Gasteiger partial charge in [-0.25, -0.2) is 9.59 Å². The zero-order valence-corrected chi connectivity index (χ0v) is 9.62. The lowest BCUT2D eigenvalue weighted by Crippen LogP contribution is -2.43. The number of aliphatic hydroxyl groups is 1. The second-order valence-corrected chi connectivity index (χ2v) is 4.19. The molecule has 0 radical (unpaired) electrons. The summed E-state index contributed by atoms with van der Waals surface area (Å²) in [6.45, 7) is -0.172. The van der Waals surface area contributed by atoms with Crippen LogP contribution in [0.25, 0.3) is 0 Å². The van der Waals surface area contributed by atoms with Gasteiger partial charge in [-0.15, -0.1) is 0 Å². The number of aliphatic hydroxyl groups excluding tert-OH is 1. The maximum absolute atomic E-state index is 12.0. The molecule has 0 aliphatic carbocycles. The number of carboxylic acids is 1. The fourth-order valence-corrected chi connectivity index (χ4v) is 2.00. The van der Waals surface area contributed by atoms with Gasteiger partial charge < -0.3 is 20.1 Å². The number of aliphatic carboxylic acids is 1. The van der Waals surface area contributed by atoms with E-state index in [-0.39, 0.29) is 18.5 Å². The van der Waals surface area contributed by atoms with E-state index in [1.165, 1.54) is 0 Å². The lowest BCUT2D eigenvalue weighted by atomic mass is 10.2. The van der Waals surface area contributed by atoms with Crippen LogP contribution in [-0.4, -0.2) is 55.6 Å². The number of H-pyrrole nitrogens is 2. The monoisotopic (exact) mass is 269 g/mol. The van der Waals surface area contributed by atoms with Crippen molar-refractivity contribution in [3.05, 3.63) is 32.6 Å². The third kappa shape index (κ3) is 2.40. The van der Waals surface area contributed by atoms with Crippen molar-refractivity contribution in [1.82, 2.24) is 14.9 Å². The number of carbonyl (C=O) groups excluding carboxylic acids is 1. The van der Waals surface area contributed by atoms with Crippen molar-refractivity contribution in [1.29, 1.82) is 0 Å². The first-order valence-corrected chi connectivity index (χ1v) is 5.44. The molecule has 9 nitrogen and oxygen atoms in total. The average molecular weight is 269 g/mol. The Morgan fingerprint density at radius 3 is 2.63 bits per heavy atom. The average Bonchev–Trinajstić information content (AvgIpc) is 2.70. The molecular weight excluding hydrogens is 258 g/mol. The molecule has 0 unspecified atom stereocenters. The van der Waals surface area contributed by atoms with Crippen LogP contribution < -0.4 is 11.2 Å². The molecule has 2 rings (SSSR count). The highest BCUT2D eigenvalue weighted by atomic mass is 16.4. The molecular formula is C10H11N3O6. The number of likely N-dealkylation sites (tertiary alicyclic amines) is 1. The van der Waals surface area contributed by atoms with E-state index in [1.54, 1.807) is 0 Å².